The third-order valence-corrected chi connectivity index (χ3v) is 4.82. The van der Waals surface area contributed by atoms with Crippen molar-refractivity contribution in [3.05, 3.63) is 64.9 Å². The van der Waals surface area contributed by atoms with E-state index in [1.165, 1.54) is 0 Å². The van der Waals surface area contributed by atoms with Gasteiger partial charge in [-0.3, -0.25) is 14.6 Å². The van der Waals surface area contributed by atoms with Crippen LogP contribution in [0.15, 0.2) is 58.0 Å². The van der Waals surface area contributed by atoms with Gasteiger partial charge < -0.3 is 15.2 Å². The van der Waals surface area contributed by atoms with Gasteiger partial charge in [0.25, 0.3) is 5.56 Å². The van der Waals surface area contributed by atoms with Crippen molar-refractivity contribution in [1.29, 1.82) is 0 Å². The molecule has 4 aromatic rings. The van der Waals surface area contributed by atoms with Crippen molar-refractivity contribution in [3.8, 4) is 11.5 Å². The zero-order valence-corrected chi connectivity index (χ0v) is 17.4. The van der Waals surface area contributed by atoms with Crippen LogP contribution in [0.4, 0.5) is 5.82 Å². The smallest absolute Gasteiger partial charge is 0.272 e. The maximum Gasteiger partial charge on any atom is 0.272 e. The van der Waals surface area contributed by atoms with Gasteiger partial charge in [-0.15, -0.1) is 0 Å². The first kappa shape index (κ1) is 21.2. The molecule has 1 amide bonds. The molecule has 3 aromatic heterocycles. The number of aryl methyl sites for hydroxylation is 1. The van der Waals surface area contributed by atoms with Crippen LogP contribution >= 0.6 is 0 Å². The van der Waals surface area contributed by atoms with Crippen molar-refractivity contribution in [2.45, 2.75) is 25.7 Å². The molecule has 0 saturated heterocycles. The summed E-state index contributed by atoms with van der Waals surface area (Å²) in [5.74, 6) is 1.53. The van der Waals surface area contributed by atoms with Gasteiger partial charge in [0, 0.05) is 37.5 Å². The minimum atomic E-state index is -0.216. The van der Waals surface area contributed by atoms with Crippen LogP contribution < -0.4 is 16.2 Å². The van der Waals surface area contributed by atoms with Gasteiger partial charge >= 0.3 is 0 Å². The molecule has 0 radical (unpaired) electrons. The minimum absolute atomic E-state index is 0.0259. The number of carbonyl (C=O) groups excluding carboxylic acids is 1. The Balaban J connectivity index is 1.14. The summed E-state index contributed by atoms with van der Waals surface area (Å²) < 4.78 is 5.22. The summed E-state index contributed by atoms with van der Waals surface area (Å²) in [6.45, 7) is 1.15. The normalized spacial score (nSPS) is 10.9. The van der Waals surface area contributed by atoms with Crippen molar-refractivity contribution in [3.63, 3.8) is 0 Å². The number of nitrogens with one attached hydrogen (secondary N) is 3. The molecule has 164 valence electrons. The summed E-state index contributed by atoms with van der Waals surface area (Å²) in [6.07, 6.45) is 3.91. The highest BCUT2D eigenvalue weighted by Crippen LogP contribution is 2.16. The molecule has 0 unspecified atom stereocenters. The van der Waals surface area contributed by atoms with Crippen LogP contribution in [0.2, 0.25) is 0 Å². The number of aromatic amines is 1. The average Bonchev–Trinajstić information content (AvgIpc) is 3.30. The fourth-order valence-corrected chi connectivity index (χ4v) is 3.22. The Labute approximate surface area is 183 Å². The number of rotatable bonds is 10. The second kappa shape index (κ2) is 10.3. The number of carbonyl (C=O) groups is 1. The number of nitrogens with zero attached hydrogens (tertiary/aromatic N) is 4. The Bertz CT molecular complexity index is 1240. The van der Waals surface area contributed by atoms with Crippen LogP contribution in [-0.2, 0) is 11.2 Å². The van der Waals surface area contributed by atoms with Crippen molar-refractivity contribution >= 4 is 22.5 Å². The van der Waals surface area contributed by atoms with Crippen LogP contribution in [0.25, 0.3) is 22.3 Å². The number of fused-ring (bicyclic) bond motifs is 1. The van der Waals surface area contributed by atoms with Gasteiger partial charge in [-0.1, -0.05) is 29.4 Å². The molecule has 10 nitrogen and oxygen atoms in total. The van der Waals surface area contributed by atoms with Gasteiger partial charge in [0.2, 0.25) is 17.6 Å². The van der Waals surface area contributed by atoms with E-state index in [0.717, 1.165) is 11.8 Å². The zero-order valence-electron chi connectivity index (χ0n) is 17.4. The maximum atomic E-state index is 12.0. The highest BCUT2D eigenvalue weighted by atomic mass is 16.5. The molecule has 1 aromatic carbocycles. The molecule has 0 aliphatic rings. The van der Waals surface area contributed by atoms with Crippen molar-refractivity contribution in [2.75, 3.05) is 18.4 Å². The average molecular weight is 433 g/mol. The third-order valence-electron chi connectivity index (χ3n) is 4.82. The van der Waals surface area contributed by atoms with E-state index in [-0.39, 0.29) is 11.5 Å². The Morgan fingerprint density at radius 1 is 1.03 bits per heavy atom. The number of benzene rings is 1. The monoisotopic (exact) mass is 433 g/mol. The Kier molecular flexibility index (Phi) is 6.81. The molecular weight excluding hydrogens is 410 g/mol. The Morgan fingerprint density at radius 3 is 2.72 bits per heavy atom. The Morgan fingerprint density at radius 2 is 1.88 bits per heavy atom. The summed E-state index contributed by atoms with van der Waals surface area (Å²) in [6, 6.07) is 12.8. The van der Waals surface area contributed by atoms with Crippen LogP contribution in [0.1, 0.15) is 25.2 Å². The zero-order chi connectivity index (χ0) is 22.2. The lowest BCUT2D eigenvalue weighted by Crippen LogP contribution is -2.25. The molecule has 0 fully saturated rings. The van der Waals surface area contributed by atoms with E-state index in [1.54, 1.807) is 12.3 Å². The molecule has 3 heterocycles. The van der Waals surface area contributed by atoms with Gasteiger partial charge in [0.15, 0.2) is 5.82 Å². The number of aromatic nitrogens is 5. The Hall–Kier alpha value is -4.08. The number of anilines is 1. The lowest BCUT2D eigenvalue weighted by molar-refractivity contribution is -0.121. The van der Waals surface area contributed by atoms with E-state index in [9.17, 15) is 9.59 Å². The third kappa shape index (κ3) is 5.34. The molecule has 0 bridgehead atoms. The SMILES string of the molecule is O=C(CCCc1nc(-c2ccccn2)no1)NCCCNc1n[nH]c(=O)c2ccccc12. The number of H-pyrrole nitrogens is 1. The molecule has 10 heteroatoms. The number of amides is 1. The summed E-state index contributed by atoms with van der Waals surface area (Å²) in [7, 11) is 0. The molecule has 0 saturated carbocycles. The second-order valence-corrected chi connectivity index (χ2v) is 7.16. The van der Waals surface area contributed by atoms with Gasteiger partial charge in [0.1, 0.15) is 5.69 Å². The summed E-state index contributed by atoms with van der Waals surface area (Å²) in [5, 5.41) is 17.9. The van der Waals surface area contributed by atoms with E-state index >= 15 is 0 Å². The molecule has 3 N–H and O–H groups in total. The topological polar surface area (TPSA) is 139 Å². The quantitative estimate of drug-likeness (QED) is 0.324. The van der Waals surface area contributed by atoms with Crippen LogP contribution in [0, 0.1) is 0 Å². The highest BCUT2D eigenvalue weighted by Gasteiger charge is 2.10. The van der Waals surface area contributed by atoms with E-state index in [2.05, 4.69) is 36.0 Å². The lowest BCUT2D eigenvalue weighted by atomic mass is 10.2. The first-order chi connectivity index (χ1) is 15.7. The molecule has 0 spiro atoms. The highest BCUT2D eigenvalue weighted by molar-refractivity contribution is 5.90. The van der Waals surface area contributed by atoms with E-state index in [1.807, 2.05) is 36.4 Å². The summed E-state index contributed by atoms with van der Waals surface area (Å²) >= 11 is 0. The van der Waals surface area contributed by atoms with Crippen LogP contribution in [-0.4, -0.2) is 44.3 Å². The van der Waals surface area contributed by atoms with Gasteiger partial charge in [-0.25, -0.2) is 5.10 Å². The molecule has 0 atom stereocenters. The standard InChI is InChI=1S/C22H23N7O3/c30-18(10-5-11-19-26-21(29-32-19)17-9-3-4-12-23-17)24-13-6-14-25-20-15-7-1-2-8-16(15)22(31)28-27-20/h1-4,7-9,12H,5-6,10-11,13-14H2,(H,24,30)(H,25,27)(H,28,31). The van der Waals surface area contributed by atoms with E-state index in [4.69, 9.17) is 4.52 Å². The number of pyridine rings is 1. The van der Waals surface area contributed by atoms with Crippen molar-refractivity contribution in [1.82, 2.24) is 30.6 Å². The van der Waals surface area contributed by atoms with Gasteiger partial charge in [-0.05, 0) is 31.0 Å². The number of hydrogen-bond acceptors (Lipinski definition) is 8. The van der Waals surface area contributed by atoms with Crippen molar-refractivity contribution < 1.29 is 9.32 Å². The van der Waals surface area contributed by atoms with Crippen LogP contribution in [0.5, 0.6) is 0 Å². The lowest BCUT2D eigenvalue weighted by Gasteiger charge is -2.08. The van der Waals surface area contributed by atoms with Crippen molar-refractivity contribution in [2.24, 2.45) is 0 Å². The van der Waals surface area contributed by atoms with Gasteiger partial charge in [-0.2, -0.15) is 10.1 Å². The molecule has 0 aliphatic carbocycles. The van der Waals surface area contributed by atoms with Gasteiger partial charge in [0.05, 0.1) is 5.39 Å². The predicted octanol–water partition coefficient (Wildman–Crippen LogP) is 2.31. The molecule has 32 heavy (non-hydrogen) atoms. The largest absolute Gasteiger partial charge is 0.368 e. The maximum absolute atomic E-state index is 12.0. The number of hydrogen-bond donors (Lipinski definition) is 3. The fraction of sp³-hybridized carbons (Fsp3) is 0.273. The van der Waals surface area contributed by atoms with E-state index < -0.39 is 0 Å². The second-order valence-electron chi connectivity index (χ2n) is 7.16. The fourth-order valence-electron chi connectivity index (χ4n) is 3.22. The summed E-state index contributed by atoms with van der Waals surface area (Å²) in [5.41, 5.74) is 0.436. The molecule has 4 rings (SSSR count). The first-order valence-corrected chi connectivity index (χ1v) is 10.4. The van der Waals surface area contributed by atoms with E-state index in [0.29, 0.717) is 61.0 Å². The minimum Gasteiger partial charge on any atom is -0.368 e. The summed E-state index contributed by atoms with van der Waals surface area (Å²) in [4.78, 5) is 32.4. The van der Waals surface area contributed by atoms with Crippen LogP contribution in [0.3, 0.4) is 0 Å². The molecule has 0 aliphatic heterocycles. The molecular formula is C22H23N7O3. The predicted molar refractivity (Wildman–Crippen MR) is 119 cm³/mol. The first-order valence-electron chi connectivity index (χ1n) is 10.4.